The molecule has 0 saturated carbocycles. The van der Waals surface area contributed by atoms with Crippen molar-refractivity contribution >= 4 is 25.5 Å². The van der Waals surface area contributed by atoms with Gasteiger partial charge >= 0.3 is 0 Å². The second-order valence-corrected chi connectivity index (χ2v) is 17.2. The van der Waals surface area contributed by atoms with Crippen LogP contribution in [0.2, 0.25) is 25.7 Å². The highest BCUT2D eigenvalue weighted by Gasteiger charge is 2.63. The van der Waals surface area contributed by atoms with E-state index < -0.39 is 66.1 Å². The molecule has 6 N–H and O–H groups in total. The van der Waals surface area contributed by atoms with Crippen molar-refractivity contribution in [3.05, 3.63) is 51.5 Å². The third-order valence-corrected chi connectivity index (χ3v) is 9.60. The number of rotatable bonds is 5. The minimum atomic E-state index is -2.62. The van der Waals surface area contributed by atoms with Crippen LogP contribution in [0.5, 0.6) is 5.75 Å². The molecule has 0 bridgehead atoms. The van der Waals surface area contributed by atoms with Gasteiger partial charge in [0.15, 0.2) is 11.4 Å². The number of nitrogens with zero attached hydrogens (tertiary/aromatic N) is 1. The SMILES string of the molecule is CN(C)[C@H]1C(O)=C(C(N)=O)C(=O)[C@]2(O)C(O)=C3C(=O)c4c(O)ccc(CC[Si](C)(C)C)c4C[C@@H]3C[C@H]12. The molecule has 1 amide bonds. The Bertz CT molecular complexity index is 1240. The minimum absolute atomic E-state index is 0.0730. The molecule has 194 valence electrons. The molecular formula is C26H34N2O7Si. The van der Waals surface area contributed by atoms with Gasteiger partial charge in [-0.25, -0.2) is 0 Å². The summed E-state index contributed by atoms with van der Waals surface area (Å²) in [6.07, 6.45) is 1.17. The summed E-state index contributed by atoms with van der Waals surface area (Å²) in [5.41, 5.74) is 3.55. The first-order valence-corrected chi connectivity index (χ1v) is 15.8. The summed E-state index contributed by atoms with van der Waals surface area (Å²) in [7, 11) is 1.83. The molecule has 0 unspecified atom stereocenters. The Morgan fingerprint density at radius 1 is 1.17 bits per heavy atom. The molecule has 1 aromatic rings. The third kappa shape index (κ3) is 3.79. The second-order valence-electron chi connectivity index (χ2n) is 11.6. The lowest BCUT2D eigenvalue weighted by Crippen LogP contribution is -2.63. The molecule has 0 saturated heterocycles. The molecule has 1 aromatic carbocycles. The predicted molar refractivity (Wildman–Crippen MR) is 136 cm³/mol. The number of allylic oxidation sites excluding steroid dienone is 1. The largest absolute Gasteiger partial charge is 0.510 e. The second kappa shape index (κ2) is 8.57. The van der Waals surface area contributed by atoms with Gasteiger partial charge in [0.1, 0.15) is 22.8 Å². The van der Waals surface area contributed by atoms with E-state index in [0.717, 1.165) is 18.0 Å². The normalized spacial score (nSPS) is 28.2. The Morgan fingerprint density at radius 2 is 1.81 bits per heavy atom. The summed E-state index contributed by atoms with van der Waals surface area (Å²) < 4.78 is 0. The summed E-state index contributed by atoms with van der Waals surface area (Å²) >= 11 is 0. The number of aliphatic hydroxyl groups is 3. The highest BCUT2D eigenvalue weighted by molar-refractivity contribution is 6.76. The van der Waals surface area contributed by atoms with Gasteiger partial charge in [-0.15, -0.1) is 0 Å². The van der Waals surface area contributed by atoms with Gasteiger partial charge in [-0.05, 0) is 56.5 Å². The van der Waals surface area contributed by atoms with Crippen LogP contribution in [0.3, 0.4) is 0 Å². The number of likely N-dealkylation sites (N-methyl/N-ethyl adjacent to an activating group) is 1. The predicted octanol–water partition coefficient (Wildman–Crippen LogP) is 2.00. The van der Waals surface area contributed by atoms with Crippen LogP contribution in [0.4, 0.5) is 0 Å². The molecular weight excluding hydrogens is 480 g/mol. The van der Waals surface area contributed by atoms with E-state index in [4.69, 9.17) is 5.73 Å². The van der Waals surface area contributed by atoms with Gasteiger partial charge in [0, 0.05) is 19.6 Å². The zero-order chi connectivity index (χ0) is 26.9. The number of aryl methyl sites for hydroxylation is 1. The van der Waals surface area contributed by atoms with Crippen molar-refractivity contribution in [3.63, 3.8) is 0 Å². The number of aromatic hydroxyl groups is 1. The van der Waals surface area contributed by atoms with Crippen LogP contribution in [0, 0.1) is 11.8 Å². The van der Waals surface area contributed by atoms with E-state index in [1.807, 2.05) is 6.07 Å². The number of Topliss-reactive ketones (excluding diaryl/α,β-unsaturated/α-hetero) is 2. The van der Waals surface area contributed by atoms with E-state index in [1.54, 1.807) is 19.0 Å². The van der Waals surface area contributed by atoms with Gasteiger partial charge < -0.3 is 26.2 Å². The van der Waals surface area contributed by atoms with E-state index in [9.17, 15) is 34.8 Å². The highest BCUT2D eigenvalue weighted by atomic mass is 28.3. The number of fused-ring (bicyclic) bond motifs is 3. The van der Waals surface area contributed by atoms with Crippen molar-refractivity contribution in [1.82, 2.24) is 4.90 Å². The first-order valence-electron chi connectivity index (χ1n) is 12.1. The molecule has 0 radical (unpaired) electrons. The van der Waals surface area contributed by atoms with Crippen molar-refractivity contribution in [2.75, 3.05) is 14.1 Å². The first kappa shape index (κ1) is 26.1. The number of amides is 1. The number of benzene rings is 1. The standard InChI is InChI=1S/C26H34N2O7Si/c1-28(2)20-15-11-13-10-14-12(8-9-36(3,4)5)6-7-16(29)18(14)21(30)17(13)23(32)26(15,35)24(33)19(22(20)31)25(27)34/h6-7,13,15,20,29,31-32,35H,8-11H2,1-5H3,(H2,27,34)/t13-,15-,20-,26-/m1/s1. The zero-order valence-electron chi connectivity index (χ0n) is 21.3. The van der Waals surface area contributed by atoms with Crippen molar-refractivity contribution < 1.29 is 34.8 Å². The van der Waals surface area contributed by atoms with Gasteiger partial charge in [-0.2, -0.15) is 0 Å². The summed E-state index contributed by atoms with van der Waals surface area (Å²) in [6, 6.07) is 3.29. The zero-order valence-corrected chi connectivity index (χ0v) is 22.3. The first-order chi connectivity index (χ1) is 16.6. The van der Waals surface area contributed by atoms with Crippen molar-refractivity contribution in [1.29, 1.82) is 0 Å². The van der Waals surface area contributed by atoms with E-state index >= 15 is 0 Å². The van der Waals surface area contributed by atoms with Gasteiger partial charge in [-0.1, -0.05) is 31.8 Å². The van der Waals surface area contributed by atoms with E-state index in [0.29, 0.717) is 12.0 Å². The molecule has 0 aromatic heterocycles. The quantitative estimate of drug-likeness (QED) is 0.294. The molecule has 0 fully saturated rings. The number of hydrogen-bond donors (Lipinski definition) is 5. The number of phenols is 1. The lowest BCUT2D eigenvalue weighted by molar-refractivity contribution is -0.148. The van der Waals surface area contributed by atoms with Crippen LogP contribution < -0.4 is 5.73 Å². The Kier molecular flexibility index (Phi) is 6.22. The third-order valence-electron chi connectivity index (χ3n) is 7.85. The van der Waals surface area contributed by atoms with Gasteiger partial charge in [0.2, 0.25) is 5.78 Å². The molecule has 4 atom stereocenters. The van der Waals surface area contributed by atoms with Crippen LogP contribution >= 0.6 is 0 Å². The molecule has 10 heteroatoms. The smallest absolute Gasteiger partial charge is 0.255 e. The Hall–Kier alpha value is -2.95. The van der Waals surface area contributed by atoms with Gasteiger partial charge in [0.05, 0.1) is 11.6 Å². The summed E-state index contributed by atoms with van der Waals surface area (Å²) in [5, 5.41) is 44.4. The molecule has 0 aliphatic heterocycles. The van der Waals surface area contributed by atoms with Crippen LogP contribution in [-0.2, 0) is 22.4 Å². The number of carbonyl (C=O) groups excluding carboxylic acids is 3. The van der Waals surface area contributed by atoms with Gasteiger partial charge in [0.25, 0.3) is 5.91 Å². The van der Waals surface area contributed by atoms with E-state index in [2.05, 4.69) is 19.6 Å². The maximum absolute atomic E-state index is 13.7. The van der Waals surface area contributed by atoms with Gasteiger partial charge in [-0.3, -0.25) is 19.3 Å². The van der Waals surface area contributed by atoms with Crippen molar-refractivity contribution in [3.8, 4) is 5.75 Å². The molecule has 4 rings (SSSR count). The monoisotopic (exact) mass is 514 g/mol. The number of aliphatic hydroxyl groups excluding tert-OH is 2. The van der Waals surface area contributed by atoms with E-state index in [-0.39, 0.29) is 23.3 Å². The highest BCUT2D eigenvalue weighted by Crippen LogP contribution is 2.52. The number of carbonyl (C=O) groups is 3. The van der Waals surface area contributed by atoms with E-state index in [1.165, 1.54) is 6.07 Å². The molecule has 0 spiro atoms. The topological polar surface area (TPSA) is 161 Å². The lowest BCUT2D eigenvalue weighted by atomic mass is 9.58. The fourth-order valence-electron chi connectivity index (χ4n) is 6.06. The molecule has 9 nitrogen and oxygen atoms in total. The van der Waals surface area contributed by atoms with Crippen LogP contribution in [-0.4, -0.2) is 76.6 Å². The van der Waals surface area contributed by atoms with Crippen LogP contribution in [0.1, 0.15) is 27.9 Å². The molecule has 3 aliphatic rings. The fourth-order valence-corrected chi connectivity index (χ4v) is 7.08. The van der Waals surface area contributed by atoms with Crippen molar-refractivity contribution in [2.45, 2.75) is 56.6 Å². The maximum Gasteiger partial charge on any atom is 0.255 e. The lowest BCUT2D eigenvalue weighted by Gasteiger charge is -2.50. The van der Waals surface area contributed by atoms with Crippen LogP contribution in [0.25, 0.3) is 0 Å². The Morgan fingerprint density at radius 3 is 2.36 bits per heavy atom. The maximum atomic E-state index is 13.7. The minimum Gasteiger partial charge on any atom is -0.510 e. The number of phenolic OH excluding ortho intramolecular Hbond substituents is 1. The average molecular weight is 515 g/mol. The molecule has 36 heavy (non-hydrogen) atoms. The molecule has 0 heterocycles. The number of hydrogen-bond acceptors (Lipinski definition) is 8. The number of primary amides is 1. The number of nitrogens with two attached hydrogens (primary N) is 1. The summed E-state index contributed by atoms with van der Waals surface area (Å²) in [5.74, 6) is -6.32. The average Bonchev–Trinajstić information content (AvgIpc) is 2.74. The Labute approximate surface area is 210 Å². The molecule has 3 aliphatic carbocycles. The fraction of sp³-hybridized carbons (Fsp3) is 0.500. The van der Waals surface area contributed by atoms with Crippen molar-refractivity contribution in [2.24, 2.45) is 17.6 Å². The van der Waals surface area contributed by atoms with Crippen LogP contribution in [0.15, 0.2) is 34.8 Å². The number of ketones is 2. The Balaban J connectivity index is 1.89. The summed E-state index contributed by atoms with van der Waals surface area (Å²) in [6.45, 7) is 6.77. The summed E-state index contributed by atoms with van der Waals surface area (Å²) in [4.78, 5) is 40.6.